The average molecular weight is 407 g/mol. The van der Waals surface area contributed by atoms with Gasteiger partial charge in [0.1, 0.15) is 5.75 Å². The number of piperidine rings is 1. The SMILES string of the molecule is COc1ccc(CN2CCC(CNCCc3c(Cl)cccc3Cl)CC2)cc1. The minimum atomic E-state index is 0.749. The summed E-state index contributed by atoms with van der Waals surface area (Å²) in [7, 11) is 1.71. The Hall–Kier alpha value is -1.26. The molecule has 0 bridgehead atoms. The summed E-state index contributed by atoms with van der Waals surface area (Å²) in [6.07, 6.45) is 3.36. The van der Waals surface area contributed by atoms with Crippen LogP contribution in [0.3, 0.4) is 0 Å². The van der Waals surface area contributed by atoms with E-state index >= 15 is 0 Å². The maximum atomic E-state index is 6.23. The van der Waals surface area contributed by atoms with E-state index in [9.17, 15) is 0 Å². The van der Waals surface area contributed by atoms with Crippen molar-refractivity contribution in [2.75, 3.05) is 33.3 Å². The largest absolute Gasteiger partial charge is 0.497 e. The first-order chi connectivity index (χ1) is 13.2. The van der Waals surface area contributed by atoms with E-state index in [1.807, 2.05) is 30.3 Å². The van der Waals surface area contributed by atoms with Crippen molar-refractivity contribution in [3.8, 4) is 5.75 Å². The predicted molar refractivity (Wildman–Crippen MR) is 114 cm³/mol. The molecule has 1 heterocycles. The van der Waals surface area contributed by atoms with Gasteiger partial charge in [0.05, 0.1) is 7.11 Å². The Balaban J connectivity index is 1.34. The second kappa shape index (κ2) is 10.3. The molecule has 0 spiro atoms. The minimum absolute atomic E-state index is 0.749. The molecule has 3 nitrogen and oxygen atoms in total. The lowest BCUT2D eigenvalue weighted by molar-refractivity contribution is 0.175. The third-order valence-electron chi connectivity index (χ3n) is 5.32. The van der Waals surface area contributed by atoms with E-state index in [2.05, 4.69) is 22.3 Å². The van der Waals surface area contributed by atoms with Gasteiger partial charge in [0, 0.05) is 16.6 Å². The molecule has 2 aromatic carbocycles. The molecule has 2 aromatic rings. The molecule has 1 aliphatic heterocycles. The Morgan fingerprint density at radius 1 is 1.04 bits per heavy atom. The summed E-state index contributed by atoms with van der Waals surface area (Å²) in [6, 6.07) is 14.1. The number of nitrogens with zero attached hydrogens (tertiary/aromatic N) is 1. The second-order valence-corrected chi connectivity index (χ2v) is 8.04. The third-order valence-corrected chi connectivity index (χ3v) is 6.03. The number of likely N-dealkylation sites (tertiary alicyclic amines) is 1. The van der Waals surface area contributed by atoms with Crippen LogP contribution in [0.1, 0.15) is 24.0 Å². The molecule has 1 saturated heterocycles. The summed E-state index contributed by atoms with van der Waals surface area (Å²) < 4.78 is 5.23. The molecular formula is C22H28Cl2N2O. The van der Waals surface area contributed by atoms with Crippen molar-refractivity contribution in [1.29, 1.82) is 0 Å². The molecule has 5 heteroatoms. The Morgan fingerprint density at radius 3 is 2.33 bits per heavy atom. The average Bonchev–Trinajstić information content (AvgIpc) is 2.69. The molecule has 0 saturated carbocycles. The van der Waals surface area contributed by atoms with Gasteiger partial charge in [-0.2, -0.15) is 0 Å². The fourth-order valence-corrected chi connectivity index (χ4v) is 4.21. The van der Waals surface area contributed by atoms with Gasteiger partial charge in [0.15, 0.2) is 0 Å². The maximum absolute atomic E-state index is 6.23. The Morgan fingerprint density at radius 2 is 1.70 bits per heavy atom. The van der Waals surface area contributed by atoms with Crippen LogP contribution in [0.5, 0.6) is 5.75 Å². The van der Waals surface area contributed by atoms with Gasteiger partial charge in [0.2, 0.25) is 0 Å². The monoisotopic (exact) mass is 406 g/mol. The van der Waals surface area contributed by atoms with Crippen LogP contribution < -0.4 is 10.1 Å². The summed E-state index contributed by atoms with van der Waals surface area (Å²) in [5.41, 5.74) is 2.40. The Kier molecular flexibility index (Phi) is 7.83. The summed E-state index contributed by atoms with van der Waals surface area (Å²) in [5.74, 6) is 1.67. The zero-order valence-corrected chi connectivity index (χ0v) is 17.4. The van der Waals surface area contributed by atoms with Crippen LogP contribution in [-0.2, 0) is 13.0 Å². The number of nitrogens with one attached hydrogen (secondary N) is 1. The van der Waals surface area contributed by atoms with Crippen LogP contribution in [-0.4, -0.2) is 38.2 Å². The lowest BCUT2D eigenvalue weighted by atomic mass is 9.96. The van der Waals surface area contributed by atoms with Crippen molar-refractivity contribution in [3.63, 3.8) is 0 Å². The second-order valence-electron chi connectivity index (χ2n) is 7.22. The van der Waals surface area contributed by atoms with Gasteiger partial charge in [-0.1, -0.05) is 41.4 Å². The van der Waals surface area contributed by atoms with Gasteiger partial charge in [-0.3, -0.25) is 4.90 Å². The standard InChI is InChI=1S/C22H28Cl2N2O/c1-27-19-7-5-18(6-8-19)16-26-13-10-17(11-14-26)15-25-12-9-20-21(23)3-2-4-22(20)24/h2-8,17,25H,9-16H2,1H3. The first-order valence-electron chi connectivity index (χ1n) is 9.64. The lowest BCUT2D eigenvalue weighted by Gasteiger charge is -2.32. The maximum Gasteiger partial charge on any atom is 0.118 e. The molecular weight excluding hydrogens is 379 g/mol. The number of ether oxygens (including phenoxy) is 1. The number of halogens is 2. The normalized spacial score (nSPS) is 15.8. The fraction of sp³-hybridized carbons (Fsp3) is 0.455. The summed E-state index contributed by atoms with van der Waals surface area (Å²) in [5, 5.41) is 5.11. The topological polar surface area (TPSA) is 24.5 Å². The summed E-state index contributed by atoms with van der Waals surface area (Å²) >= 11 is 12.5. The molecule has 146 valence electrons. The zero-order valence-electron chi connectivity index (χ0n) is 15.9. The number of hydrogen-bond acceptors (Lipinski definition) is 3. The Bertz CT molecular complexity index is 693. The molecule has 0 aliphatic carbocycles. The molecule has 1 fully saturated rings. The molecule has 0 aromatic heterocycles. The number of hydrogen-bond donors (Lipinski definition) is 1. The molecule has 27 heavy (non-hydrogen) atoms. The number of methoxy groups -OCH3 is 1. The predicted octanol–water partition coefficient (Wildman–Crippen LogP) is 5.05. The molecule has 0 atom stereocenters. The van der Waals surface area contributed by atoms with Gasteiger partial charge in [0.25, 0.3) is 0 Å². The van der Waals surface area contributed by atoms with Crippen molar-refractivity contribution in [3.05, 3.63) is 63.6 Å². The molecule has 0 amide bonds. The van der Waals surface area contributed by atoms with E-state index in [0.717, 1.165) is 66.4 Å². The van der Waals surface area contributed by atoms with Crippen LogP contribution in [0.15, 0.2) is 42.5 Å². The van der Waals surface area contributed by atoms with Gasteiger partial charge >= 0.3 is 0 Å². The highest BCUT2D eigenvalue weighted by atomic mass is 35.5. The van der Waals surface area contributed by atoms with Crippen molar-refractivity contribution < 1.29 is 4.74 Å². The highest BCUT2D eigenvalue weighted by Crippen LogP contribution is 2.24. The van der Waals surface area contributed by atoms with Gasteiger partial charge in [-0.05, 0) is 86.8 Å². The van der Waals surface area contributed by atoms with Crippen LogP contribution in [0, 0.1) is 5.92 Å². The molecule has 1 N–H and O–H groups in total. The number of benzene rings is 2. The number of rotatable bonds is 8. The van der Waals surface area contributed by atoms with Crippen LogP contribution >= 0.6 is 23.2 Å². The van der Waals surface area contributed by atoms with Crippen LogP contribution in [0.4, 0.5) is 0 Å². The molecule has 3 rings (SSSR count). The third kappa shape index (κ3) is 6.11. The highest BCUT2D eigenvalue weighted by molar-refractivity contribution is 6.35. The van der Waals surface area contributed by atoms with Gasteiger partial charge in [-0.15, -0.1) is 0 Å². The van der Waals surface area contributed by atoms with Crippen molar-refractivity contribution >= 4 is 23.2 Å². The molecule has 1 aliphatic rings. The van der Waals surface area contributed by atoms with Crippen LogP contribution in [0.2, 0.25) is 10.0 Å². The smallest absolute Gasteiger partial charge is 0.118 e. The van der Waals surface area contributed by atoms with E-state index in [-0.39, 0.29) is 0 Å². The van der Waals surface area contributed by atoms with Crippen LogP contribution in [0.25, 0.3) is 0 Å². The van der Waals surface area contributed by atoms with E-state index in [1.165, 1.54) is 18.4 Å². The van der Waals surface area contributed by atoms with Gasteiger partial charge in [-0.25, -0.2) is 0 Å². The van der Waals surface area contributed by atoms with Crippen molar-refractivity contribution in [2.24, 2.45) is 5.92 Å². The first kappa shape index (κ1) is 20.5. The van der Waals surface area contributed by atoms with E-state index in [0.29, 0.717) is 0 Å². The van der Waals surface area contributed by atoms with Gasteiger partial charge < -0.3 is 10.1 Å². The minimum Gasteiger partial charge on any atom is -0.497 e. The molecule has 0 unspecified atom stereocenters. The lowest BCUT2D eigenvalue weighted by Crippen LogP contribution is -2.37. The summed E-state index contributed by atoms with van der Waals surface area (Å²) in [6.45, 7) is 5.33. The van der Waals surface area contributed by atoms with E-state index in [4.69, 9.17) is 27.9 Å². The highest BCUT2D eigenvalue weighted by Gasteiger charge is 2.19. The quantitative estimate of drug-likeness (QED) is 0.620. The first-order valence-corrected chi connectivity index (χ1v) is 10.4. The zero-order chi connectivity index (χ0) is 19.1. The van der Waals surface area contributed by atoms with E-state index in [1.54, 1.807) is 7.11 Å². The van der Waals surface area contributed by atoms with Crippen molar-refractivity contribution in [2.45, 2.75) is 25.8 Å². The van der Waals surface area contributed by atoms with Crippen molar-refractivity contribution in [1.82, 2.24) is 10.2 Å². The Labute approximate surface area is 172 Å². The van der Waals surface area contributed by atoms with E-state index < -0.39 is 0 Å². The fourth-order valence-electron chi connectivity index (χ4n) is 3.63. The summed E-state index contributed by atoms with van der Waals surface area (Å²) in [4.78, 5) is 2.54. The molecule has 0 radical (unpaired) electrons.